The molecule has 2 aliphatic rings. The third kappa shape index (κ3) is 2.71. The average molecular weight is 272 g/mol. The molecule has 0 radical (unpaired) electrons. The lowest BCUT2D eigenvalue weighted by molar-refractivity contribution is 0.196. The first kappa shape index (κ1) is 13.9. The molecule has 2 heteroatoms. The summed E-state index contributed by atoms with van der Waals surface area (Å²) in [4.78, 5) is 2.67. The van der Waals surface area contributed by atoms with Gasteiger partial charge >= 0.3 is 0 Å². The number of aryl methyl sites for hydroxylation is 1. The summed E-state index contributed by atoms with van der Waals surface area (Å²) in [5.74, 6) is 0. The molecule has 0 aromatic heterocycles. The lowest BCUT2D eigenvalue weighted by atomic mass is 9.79. The monoisotopic (exact) mass is 272 g/mol. The first-order chi connectivity index (χ1) is 9.72. The van der Waals surface area contributed by atoms with Crippen molar-refractivity contribution in [1.82, 2.24) is 5.32 Å². The van der Waals surface area contributed by atoms with Gasteiger partial charge in [0, 0.05) is 30.4 Å². The van der Waals surface area contributed by atoms with Crippen LogP contribution in [0.25, 0.3) is 0 Å². The molecule has 1 aliphatic heterocycles. The predicted octanol–water partition coefficient (Wildman–Crippen LogP) is 3.89. The van der Waals surface area contributed by atoms with E-state index in [1.165, 1.54) is 56.3 Å². The van der Waals surface area contributed by atoms with Crippen molar-refractivity contribution in [1.29, 1.82) is 0 Å². The van der Waals surface area contributed by atoms with Crippen molar-refractivity contribution in [3.63, 3.8) is 0 Å². The molecular formula is C18H28N2. The Morgan fingerprint density at radius 2 is 1.85 bits per heavy atom. The van der Waals surface area contributed by atoms with E-state index in [-0.39, 0.29) is 0 Å². The molecular weight excluding hydrogens is 244 g/mol. The van der Waals surface area contributed by atoms with Gasteiger partial charge in [-0.25, -0.2) is 0 Å². The Balaban J connectivity index is 1.82. The van der Waals surface area contributed by atoms with Gasteiger partial charge in [0.1, 0.15) is 0 Å². The van der Waals surface area contributed by atoms with Gasteiger partial charge in [-0.2, -0.15) is 0 Å². The second kappa shape index (κ2) is 5.77. The van der Waals surface area contributed by atoms with Gasteiger partial charge < -0.3 is 10.2 Å². The standard InChI is InChI=1S/C18H28N2/c1-3-16-13-19-18(11-5-4-6-12-18)14-20(16)17-9-7-15(2)8-10-17/h7-10,16,19H,3-6,11-14H2,1-2H3. The number of nitrogens with zero attached hydrogens (tertiary/aromatic N) is 1. The molecule has 0 amide bonds. The van der Waals surface area contributed by atoms with E-state index in [2.05, 4.69) is 48.3 Å². The van der Waals surface area contributed by atoms with Crippen molar-refractivity contribution in [3.05, 3.63) is 29.8 Å². The third-order valence-electron chi connectivity index (χ3n) is 5.27. The first-order valence-corrected chi connectivity index (χ1v) is 8.31. The molecule has 1 aromatic carbocycles. The molecule has 2 nitrogen and oxygen atoms in total. The van der Waals surface area contributed by atoms with Crippen molar-refractivity contribution < 1.29 is 0 Å². The van der Waals surface area contributed by atoms with E-state index < -0.39 is 0 Å². The molecule has 1 spiro atoms. The maximum absolute atomic E-state index is 3.90. The Bertz CT molecular complexity index is 431. The summed E-state index contributed by atoms with van der Waals surface area (Å²) in [5.41, 5.74) is 3.15. The van der Waals surface area contributed by atoms with Gasteiger partial charge in [-0.05, 0) is 38.3 Å². The van der Waals surface area contributed by atoms with Crippen molar-refractivity contribution in [2.75, 3.05) is 18.0 Å². The van der Waals surface area contributed by atoms with E-state index in [1.54, 1.807) is 0 Å². The van der Waals surface area contributed by atoms with E-state index in [0.29, 0.717) is 11.6 Å². The van der Waals surface area contributed by atoms with Crippen LogP contribution < -0.4 is 10.2 Å². The molecule has 1 aromatic rings. The molecule has 1 aliphatic carbocycles. The molecule has 20 heavy (non-hydrogen) atoms. The maximum atomic E-state index is 3.90. The van der Waals surface area contributed by atoms with Crippen LogP contribution in [0.5, 0.6) is 0 Å². The zero-order valence-corrected chi connectivity index (χ0v) is 13.0. The van der Waals surface area contributed by atoms with Gasteiger partial charge in [0.15, 0.2) is 0 Å². The minimum absolute atomic E-state index is 0.384. The Morgan fingerprint density at radius 3 is 2.50 bits per heavy atom. The number of hydrogen-bond donors (Lipinski definition) is 1. The molecule has 110 valence electrons. The van der Waals surface area contributed by atoms with Crippen molar-refractivity contribution >= 4 is 5.69 Å². The molecule has 0 bridgehead atoms. The van der Waals surface area contributed by atoms with Crippen LogP contribution >= 0.6 is 0 Å². The van der Waals surface area contributed by atoms with E-state index in [1.807, 2.05) is 0 Å². The van der Waals surface area contributed by atoms with Crippen LogP contribution in [0, 0.1) is 6.92 Å². The number of rotatable bonds is 2. The fourth-order valence-electron chi connectivity index (χ4n) is 3.92. The molecule has 1 heterocycles. The average Bonchev–Trinajstić information content (AvgIpc) is 2.49. The molecule has 1 N–H and O–H groups in total. The quantitative estimate of drug-likeness (QED) is 0.879. The number of nitrogens with one attached hydrogen (secondary N) is 1. The number of piperazine rings is 1. The highest BCUT2D eigenvalue weighted by Gasteiger charge is 2.39. The maximum Gasteiger partial charge on any atom is 0.0412 e. The SMILES string of the molecule is CCC1CNC2(CCCCC2)CN1c1ccc(C)cc1. The fraction of sp³-hybridized carbons (Fsp3) is 0.667. The first-order valence-electron chi connectivity index (χ1n) is 8.31. The number of benzene rings is 1. The predicted molar refractivity (Wildman–Crippen MR) is 86.4 cm³/mol. The van der Waals surface area contributed by atoms with Gasteiger partial charge in [-0.3, -0.25) is 0 Å². The second-order valence-electron chi connectivity index (χ2n) is 6.75. The van der Waals surface area contributed by atoms with Crippen LogP contribution in [0.3, 0.4) is 0 Å². The summed E-state index contributed by atoms with van der Waals surface area (Å²) in [7, 11) is 0. The minimum Gasteiger partial charge on any atom is -0.365 e. The zero-order valence-electron chi connectivity index (χ0n) is 13.0. The number of anilines is 1. The normalized spacial score (nSPS) is 25.9. The largest absolute Gasteiger partial charge is 0.365 e. The molecule has 1 unspecified atom stereocenters. The Hall–Kier alpha value is -1.02. The van der Waals surface area contributed by atoms with Crippen LogP contribution in [-0.2, 0) is 0 Å². The van der Waals surface area contributed by atoms with Crippen molar-refractivity contribution in [2.24, 2.45) is 0 Å². The van der Waals surface area contributed by atoms with Gasteiger partial charge in [0.05, 0.1) is 0 Å². The van der Waals surface area contributed by atoms with Crippen molar-refractivity contribution in [3.8, 4) is 0 Å². The smallest absolute Gasteiger partial charge is 0.0412 e. The molecule has 1 atom stereocenters. The van der Waals surface area contributed by atoms with Gasteiger partial charge in [0.2, 0.25) is 0 Å². The van der Waals surface area contributed by atoms with Gasteiger partial charge in [0.25, 0.3) is 0 Å². The van der Waals surface area contributed by atoms with E-state index in [9.17, 15) is 0 Å². The summed E-state index contributed by atoms with van der Waals surface area (Å²) in [6, 6.07) is 9.75. The molecule has 1 saturated heterocycles. The Morgan fingerprint density at radius 1 is 1.15 bits per heavy atom. The number of hydrogen-bond acceptors (Lipinski definition) is 2. The highest BCUT2D eigenvalue weighted by molar-refractivity contribution is 5.50. The molecule has 2 fully saturated rings. The summed E-state index contributed by atoms with van der Waals surface area (Å²) in [6.07, 6.45) is 8.14. The van der Waals surface area contributed by atoms with E-state index >= 15 is 0 Å². The van der Waals surface area contributed by atoms with Gasteiger partial charge in [-0.1, -0.05) is 43.9 Å². The van der Waals surface area contributed by atoms with Crippen LogP contribution in [0.4, 0.5) is 5.69 Å². The fourth-order valence-corrected chi connectivity index (χ4v) is 3.92. The second-order valence-corrected chi connectivity index (χ2v) is 6.75. The Labute approximate surface area is 123 Å². The third-order valence-corrected chi connectivity index (χ3v) is 5.27. The van der Waals surface area contributed by atoms with Crippen LogP contribution in [0.1, 0.15) is 51.0 Å². The zero-order chi connectivity index (χ0) is 14.0. The summed E-state index contributed by atoms with van der Waals surface area (Å²) in [5, 5.41) is 3.90. The topological polar surface area (TPSA) is 15.3 Å². The van der Waals surface area contributed by atoms with Crippen LogP contribution in [-0.4, -0.2) is 24.7 Å². The van der Waals surface area contributed by atoms with Crippen LogP contribution in [0.15, 0.2) is 24.3 Å². The minimum atomic E-state index is 0.384. The molecule has 1 saturated carbocycles. The summed E-state index contributed by atoms with van der Waals surface area (Å²) >= 11 is 0. The van der Waals surface area contributed by atoms with Gasteiger partial charge in [-0.15, -0.1) is 0 Å². The molecule has 3 rings (SSSR count). The summed E-state index contributed by atoms with van der Waals surface area (Å²) in [6.45, 7) is 6.81. The lowest BCUT2D eigenvalue weighted by Crippen LogP contribution is -2.65. The highest BCUT2D eigenvalue weighted by atomic mass is 15.3. The Kier molecular flexibility index (Phi) is 4.02. The highest BCUT2D eigenvalue weighted by Crippen LogP contribution is 2.34. The van der Waals surface area contributed by atoms with E-state index in [4.69, 9.17) is 0 Å². The summed E-state index contributed by atoms with van der Waals surface area (Å²) < 4.78 is 0. The van der Waals surface area contributed by atoms with Crippen molar-refractivity contribution in [2.45, 2.75) is 64.0 Å². The van der Waals surface area contributed by atoms with E-state index in [0.717, 1.165) is 6.54 Å². The van der Waals surface area contributed by atoms with Crippen LogP contribution in [0.2, 0.25) is 0 Å². The lowest BCUT2D eigenvalue weighted by Gasteiger charge is -2.50.